The lowest BCUT2D eigenvalue weighted by Gasteiger charge is -2.22. The van der Waals surface area contributed by atoms with Gasteiger partial charge in [0.1, 0.15) is 0 Å². The molecule has 0 N–H and O–H groups in total. The molecule has 17 heavy (non-hydrogen) atoms. The molecule has 104 valence electrons. The van der Waals surface area contributed by atoms with Gasteiger partial charge in [-0.05, 0) is 24.8 Å². The summed E-state index contributed by atoms with van der Waals surface area (Å²) >= 11 is 0. The summed E-state index contributed by atoms with van der Waals surface area (Å²) in [5.74, 6) is 0. The van der Waals surface area contributed by atoms with Crippen molar-refractivity contribution in [3.8, 4) is 0 Å². The zero-order valence-electron chi connectivity index (χ0n) is 12.3. The van der Waals surface area contributed by atoms with Gasteiger partial charge in [0.15, 0.2) is 0 Å². The quantitative estimate of drug-likeness (QED) is 0.382. The van der Waals surface area contributed by atoms with Gasteiger partial charge in [-0.25, -0.2) is 0 Å². The average molecular weight is 260 g/mol. The van der Waals surface area contributed by atoms with Crippen LogP contribution in [0, 0.1) is 0 Å². The van der Waals surface area contributed by atoms with Crippen LogP contribution in [0.1, 0.15) is 72.6 Å². The lowest BCUT2D eigenvalue weighted by atomic mass is 10.2. The summed E-state index contributed by atoms with van der Waals surface area (Å²) < 4.78 is 12.0. The highest BCUT2D eigenvalue weighted by Gasteiger charge is 2.21. The van der Waals surface area contributed by atoms with Crippen molar-refractivity contribution in [2.24, 2.45) is 0 Å². The van der Waals surface area contributed by atoms with Crippen LogP contribution in [0.3, 0.4) is 0 Å². The largest absolute Gasteiger partial charge is 0.396 e. The summed E-state index contributed by atoms with van der Waals surface area (Å²) in [4.78, 5) is 0. The Morgan fingerprint density at radius 1 is 0.824 bits per heavy atom. The molecule has 3 heteroatoms. The third-order valence-electron chi connectivity index (χ3n) is 3.04. The molecule has 2 nitrogen and oxygen atoms in total. The standard InChI is InChI=1S/C14H32O2Si/c1-5-8-11-14(4)17(15-12-9-6-2)16-13-10-7-3/h14,17H,5-13H2,1-4H3. The SMILES string of the molecule is CCCCO[SiH](OCCCC)C(C)CCCC. The molecule has 0 radical (unpaired) electrons. The van der Waals surface area contributed by atoms with Crippen LogP contribution in [0.2, 0.25) is 5.54 Å². The summed E-state index contributed by atoms with van der Waals surface area (Å²) in [5, 5.41) is 0. The van der Waals surface area contributed by atoms with Crippen LogP contribution in [-0.4, -0.2) is 22.5 Å². The first-order valence-electron chi connectivity index (χ1n) is 7.49. The minimum Gasteiger partial charge on any atom is -0.396 e. The van der Waals surface area contributed by atoms with E-state index in [4.69, 9.17) is 8.85 Å². The zero-order chi connectivity index (χ0) is 12.9. The van der Waals surface area contributed by atoms with E-state index in [1.54, 1.807) is 0 Å². The second kappa shape index (κ2) is 12.6. The normalized spacial score (nSPS) is 13.2. The van der Waals surface area contributed by atoms with Crippen LogP contribution in [0.4, 0.5) is 0 Å². The fraction of sp³-hybridized carbons (Fsp3) is 1.00. The van der Waals surface area contributed by atoms with Crippen LogP contribution >= 0.6 is 0 Å². The monoisotopic (exact) mass is 260 g/mol. The number of unbranched alkanes of at least 4 members (excludes halogenated alkanes) is 3. The van der Waals surface area contributed by atoms with Crippen molar-refractivity contribution in [3.63, 3.8) is 0 Å². The van der Waals surface area contributed by atoms with E-state index in [1.165, 1.54) is 44.9 Å². The van der Waals surface area contributed by atoms with Gasteiger partial charge in [0.05, 0.1) is 0 Å². The fourth-order valence-corrected chi connectivity index (χ4v) is 3.79. The van der Waals surface area contributed by atoms with Gasteiger partial charge in [-0.15, -0.1) is 0 Å². The van der Waals surface area contributed by atoms with E-state index in [0.717, 1.165) is 13.2 Å². The van der Waals surface area contributed by atoms with Gasteiger partial charge in [-0.1, -0.05) is 53.4 Å². The van der Waals surface area contributed by atoms with Crippen LogP contribution < -0.4 is 0 Å². The topological polar surface area (TPSA) is 18.5 Å². The van der Waals surface area contributed by atoms with Crippen LogP contribution in [-0.2, 0) is 8.85 Å². The molecule has 0 aliphatic carbocycles. The van der Waals surface area contributed by atoms with Crippen LogP contribution in [0.25, 0.3) is 0 Å². The summed E-state index contributed by atoms with van der Waals surface area (Å²) in [6.07, 6.45) is 8.60. The summed E-state index contributed by atoms with van der Waals surface area (Å²) in [7, 11) is -1.42. The summed E-state index contributed by atoms with van der Waals surface area (Å²) in [6, 6.07) is 0. The molecule has 0 aromatic rings. The number of hydrogen-bond donors (Lipinski definition) is 0. The van der Waals surface area contributed by atoms with Gasteiger partial charge in [0.25, 0.3) is 0 Å². The first-order chi connectivity index (χ1) is 8.26. The second-order valence-corrected chi connectivity index (χ2v) is 7.48. The van der Waals surface area contributed by atoms with Crippen molar-refractivity contribution in [2.75, 3.05) is 13.2 Å². The molecule has 0 spiro atoms. The number of rotatable bonds is 12. The van der Waals surface area contributed by atoms with Crippen molar-refractivity contribution in [3.05, 3.63) is 0 Å². The van der Waals surface area contributed by atoms with Gasteiger partial charge < -0.3 is 8.85 Å². The predicted molar refractivity (Wildman–Crippen MR) is 77.8 cm³/mol. The predicted octanol–water partition coefficient (Wildman–Crippen LogP) is 4.42. The van der Waals surface area contributed by atoms with E-state index >= 15 is 0 Å². The molecule has 1 atom stereocenters. The van der Waals surface area contributed by atoms with E-state index < -0.39 is 9.28 Å². The Labute approximate surface area is 110 Å². The van der Waals surface area contributed by atoms with Gasteiger partial charge in [0, 0.05) is 13.2 Å². The van der Waals surface area contributed by atoms with Gasteiger partial charge in [-0.3, -0.25) is 0 Å². The molecule has 1 unspecified atom stereocenters. The van der Waals surface area contributed by atoms with E-state index in [9.17, 15) is 0 Å². The molecule has 0 saturated carbocycles. The highest BCUT2D eigenvalue weighted by Crippen LogP contribution is 2.20. The Hall–Kier alpha value is 0.137. The molecule has 0 aromatic heterocycles. The highest BCUT2D eigenvalue weighted by atomic mass is 28.3. The van der Waals surface area contributed by atoms with Crippen LogP contribution in [0.15, 0.2) is 0 Å². The van der Waals surface area contributed by atoms with E-state index in [2.05, 4.69) is 27.7 Å². The van der Waals surface area contributed by atoms with E-state index in [1.807, 2.05) is 0 Å². The third kappa shape index (κ3) is 9.80. The van der Waals surface area contributed by atoms with Gasteiger partial charge in [0.2, 0.25) is 0 Å². The molecular formula is C14H32O2Si. The average Bonchev–Trinajstić information content (AvgIpc) is 2.34. The lowest BCUT2D eigenvalue weighted by molar-refractivity contribution is 0.182. The molecule has 0 amide bonds. The minimum absolute atomic E-state index is 0.656. The molecule has 0 aliphatic heterocycles. The van der Waals surface area contributed by atoms with Crippen molar-refractivity contribution < 1.29 is 8.85 Å². The molecule has 0 fully saturated rings. The van der Waals surface area contributed by atoms with Gasteiger partial charge >= 0.3 is 9.28 Å². The zero-order valence-corrected chi connectivity index (χ0v) is 13.5. The molecule has 0 bridgehead atoms. The fourth-order valence-electron chi connectivity index (χ4n) is 1.73. The molecule has 0 rings (SSSR count). The maximum atomic E-state index is 6.00. The molecule has 0 aromatic carbocycles. The van der Waals surface area contributed by atoms with Crippen LogP contribution in [0.5, 0.6) is 0 Å². The molecule has 0 aliphatic rings. The smallest absolute Gasteiger partial charge is 0.324 e. The molecular weight excluding hydrogens is 228 g/mol. The molecule has 0 heterocycles. The summed E-state index contributed by atoms with van der Waals surface area (Å²) in [5.41, 5.74) is 0.656. The van der Waals surface area contributed by atoms with Crippen molar-refractivity contribution >= 4 is 9.28 Å². The maximum Gasteiger partial charge on any atom is 0.324 e. The van der Waals surface area contributed by atoms with Crippen molar-refractivity contribution in [1.82, 2.24) is 0 Å². The lowest BCUT2D eigenvalue weighted by Crippen LogP contribution is -2.28. The van der Waals surface area contributed by atoms with E-state index in [-0.39, 0.29) is 0 Å². The van der Waals surface area contributed by atoms with E-state index in [0.29, 0.717) is 5.54 Å². The first-order valence-corrected chi connectivity index (χ1v) is 9.10. The first kappa shape index (κ1) is 17.1. The Morgan fingerprint density at radius 3 is 1.71 bits per heavy atom. The number of hydrogen-bond acceptors (Lipinski definition) is 2. The molecule has 0 saturated heterocycles. The van der Waals surface area contributed by atoms with Crippen molar-refractivity contribution in [1.29, 1.82) is 0 Å². The minimum atomic E-state index is -1.42. The highest BCUT2D eigenvalue weighted by molar-refractivity contribution is 6.46. The van der Waals surface area contributed by atoms with Crippen molar-refractivity contribution in [2.45, 2.75) is 78.2 Å². The Morgan fingerprint density at radius 2 is 1.29 bits per heavy atom. The third-order valence-corrected chi connectivity index (χ3v) is 5.43. The Bertz CT molecular complexity index is 143. The second-order valence-electron chi connectivity index (χ2n) is 4.94. The summed E-state index contributed by atoms with van der Waals surface area (Å²) in [6.45, 7) is 10.8. The van der Waals surface area contributed by atoms with Gasteiger partial charge in [-0.2, -0.15) is 0 Å². The Balaban J connectivity index is 3.89. The maximum absolute atomic E-state index is 6.00. The Kier molecular flexibility index (Phi) is 12.7.